The molecule has 0 aliphatic carbocycles. The number of anilines is 2. The second-order valence-electron chi connectivity index (χ2n) is 7.23. The smallest absolute Gasteiger partial charge is 0.264 e. The van der Waals surface area contributed by atoms with Crippen molar-refractivity contribution in [3.05, 3.63) is 88.9 Å². The van der Waals surface area contributed by atoms with Crippen LogP contribution in [0.1, 0.15) is 11.1 Å². The number of aryl methyl sites for hydroxylation is 1. The molecule has 1 aliphatic heterocycles. The fourth-order valence-electron chi connectivity index (χ4n) is 3.59. The van der Waals surface area contributed by atoms with Crippen LogP contribution in [-0.2, 0) is 21.2 Å². The molecule has 0 atom stereocenters. The van der Waals surface area contributed by atoms with Crippen LogP contribution in [0.4, 0.5) is 11.4 Å². The van der Waals surface area contributed by atoms with Crippen LogP contribution >= 0.6 is 11.6 Å². The highest BCUT2D eigenvalue weighted by Gasteiger charge is 2.31. The Morgan fingerprint density at radius 2 is 1.77 bits per heavy atom. The predicted molar refractivity (Wildman–Crippen MR) is 120 cm³/mol. The van der Waals surface area contributed by atoms with Crippen molar-refractivity contribution in [3.8, 4) is 0 Å². The molecular weight excluding hydrogens is 420 g/mol. The molecule has 4 rings (SSSR count). The number of halogens is 1. The van der Waals surface area contributed by atoms with Gasteiger partial charge in [-0.1, -0.05) is 53.6 Å². The molecule has 0 saturated heterocycles. The molecule has 30 heavy (non-hydrogen) atoms. The van der Waals surface area contributed by atoms with Gasteiger partial charge in [-0.2, -0.15) is 0 Å². The minimum atomic E-state index is -3.96. The number of hydrogen-bond acceptors (Lipinski definition) is 3. The van der Waals surface area contributed by atoms with Crippen molar-refractivity contribution < 1.29 is 13.2 Å². The Labute approximate surface area is 181 Å². The number of para-hydroxylation sites is 1. The molecule has 1 heterocycles. The van der Waals surface area contributed by atoms with Gasteiger partial charge in [0.1, 0.15) is 6.54 Å². The average molecular weight is 441 g/mol. The van der Waals surface area contributed by atoms with Crippen LogP contribution in [0.3, 0.4) is 0 Å². The predicted octanol–water partition coefficient (Wildman–Crippen LogP) is 4.43. The zero-order valence-electron chi connectivity index (χ0n) is 16.5. The Kier molecular flexibility index (Phi) is 5.54. The second kappa shape index (κ2) is 8.13. The number of carbonyl (C=O) groups excluding carboxylic acids is 1. The van der Waals surface area contributed by atoms with Crippen molar-refractivity contribution in [3.63, 3.8) is 0 Å². The van der Waals surface area contributed by atoms with Crippen molar-refractivity contribution in [2.24, 2.45) is 0 Å². The molecule has 7 heteroatoms. The topological polar surface area (TPSA) is 57.7 Å². The lowest BCUT2D eigenvalue weighted by atomic mass is 10.2. The second-order valence-corrected chi connectivity index (χ2v) is 9.53. The molecule has 0 spiro atoms. The summed E-state index contributed by atoms with van der Waals surface area (Å²) in [5.74, 6) is -0.282. The fraction of sp³-hybridized carbons (Fsp3) is 0.174. The van der Waals surface area contributed by atoms with Gasteiger partial charge in [0.25, 0.3) is 10.0 Å². The molecule has 0 N–H and O–H groups in total. The molecule has 1 aliphatic rings. The number of sulfonamides is 1. The van der Waals surface area contributed by atoms with Crippen LogP contribution in [0.15, 0.2) is 77.7 Å². The van der Waals surface area contributed by atoms with Crippen LogP contribution in [0, 0.1) is 6.92 Å². The maximum Gasteiger partial charge on any atom is 0.264 e. The van der Waals surface area contributed by atoms with E-state index in [2.05, 4.69) is 0 Å². The van der Waals surface area contributed by atoms with E-state index >= 15 is 0 Å². The summed E-state index contributed by atoms with van der Waals surface area (Å²) >= 11 is 6.12. The van der Waals surface area contributed by atoms with Crippen molar-refractivity contribution in [2.75, 3.05) is 22.3 Å². The minimum Gasteiger partial charge on any atom is -0.310 e. The van der Waals surface area contributed by atoms with Crippen molar-refractivity contribution >= 4 is 38.9 Å². The van der Waals surface area contributed by atoms with E-state index in [1.807, 2.05) is 31.2 Å². The molecule has 0 aromatic heterocycles. The monoisotopic (exact) mass is 440 g/mol. The maximum atomic E-state index is 13.5. The molecule has 5 nitrogen and oxygen atoms in total. The number of benzene rings is 3. The van der Waals surface area contributed by atoms with E-state index < -0.39 is 10.0 Å². The highest BCUT2D eigenvalue weighted by Crippen LogP contribution is 2.30. The van der Waals surface area contributed by atoms with E-state index in [1.165, 1.54) is 0 Å². The van der Waals surface area contributed by atoms with E-state index in [0.29, 0.717) is 17.3 Å². The number of nitrogens with zero attached hydrogens (tertiary/aromatic N) is 2. The molecular formula is C23H21ClN2O3S. The van der Waals surface area contributed by atoms with Gasteiger partial charge in [0.05, 0.1) is 10.6 Å². The van der Waals surface area contributed by atoms with Crippen LogP contribution < -0.4 is 9.21 Å². The first-order chi connectivity index (χ1) is 14.4. The minimum absolute atomic E-state index is 0.127. The standard InChI is InChI=1S/C23H21ClN2O3S/c1-17-9-11-21(12-10-17)30(28,29)26(20-7-4-6-19(24)15-20)16-23(27)25-14-13-18-5-2-3-8-22(18)25/h2-12,15H,13-14,16H2,1H3. The largest absolute Gasteiger partial charge is 0.310 e. The third-order valence-corrected chi connectivity index (χ3v) is 7.20. The van der Waals surface area contributed by atoms with Crippen molar-refractivity contribution in [1.29, 1.82) is 0 Å². The van der Waals surface area contributed by atoms with Gasteiger partial charge >= 0.3 is 0 Å². The zero-order chi connectivity index (χ0) is 21.3. The Bertz CT molecular complexity index is 1190. The normalized spacial score (nSPS) is 13.2. The quantitative estimate of drug-likeness (QED) is 0.589. The van der Waals surface area contributed by atoms with E-state index in [-0.39, 0.29) is 17.3 Å². The highest BCUT2D eigenvalue weighted by atomic mass is 35.5. The summed E-state index contributed by atoms with van der Waals surface area (Å²) in [5, 5.41) is 0.399. The first kappa shape index (κ1) is 20.4. The van der Waals surface area contributed by atoms with Gasteiger partial charge in [-0.05, 0) is 55.3 Å². The summed E-state index contributed by atoms with van der Waals surface area (Å²) in [6.45, 7) is 2.11. The summed E-state index contributed by atoms with van der Waals surface area (Å²) in [6, 6.07) is 20.8. The third-order valence-electron chi connectivity index (χ3n) is 5.17. The summed E-state index contributed by atoms with van der Waals surface area (Å²) < 4.78 is 28.1. The van der Waals surface area contributed by atoms with E-state index in [4.69, 9.17) is 11.6 Å². The lowest BCUT2D eigenvalue weighted by Gasteiger charge is -2.27. The molecule has 0 bridgehead atoms. The van der Waals surface area contributed by atoms with Gasteiger partial charge < -0.3 is 4.90 Å². The molecule has 0 unspecified atom stereocenters. The van der Waals surface area contributed by atoms with Crippen LogP contribution in [0.2, 0.25) is 5.02 Å². The third kappa shape index (κ3) is 3.93. The van der Waals surface area contributed by atoms with Gasteiger partial charge in [-0.3, -0.25) is 9.10 Å². The van der Waals surface area contributed by atoms with Crippen LogP contribution in [-0.4, -0.2) is 27.4 Å². The van der Waals surface area contributed by atoms with Gasteiger partial charge in [0.15, 0.2) is 0 Å². The van der Waals surface area contributed by atoms with Crippen LogP contribution in [0.25, 0.3) is 0 Å². The molecule has 3 aromatic carbocycles. The molecule has 0 saturated carbocycles. The molecule has 0 radical (unpaired) electrons. The van der Waals surface area contributed by atoms with Gasteiger partial charge in [-0.25, -0.2) is 8.42 Å². The fourth-order valence-corrected chi connectivity index (χ4v) is 5.18. The molecule has 0 fully saturated rings. The molecule has 1 amide bonds. The van der Waals surface area contributed by atoms with E-state index in [1.54, 1.807) is 53.4 Å². The van der Waals surface area contributed by atoms with E-state index in [0.717, 1.165) is 27.5 Å². The lowest BCUT2D eigenvalue weighted by Crippen LogP contribution is -2.42. The van der Waals surface area contributed by atoms with Crippen molar-refractivity contribution in [2.45, 2.75) is 18.2 Å². The Hall–Kier alpha value is -2.83. The summed E-state index contributed by atoms with van der Waals surface area (Å²) in [5.41, 5.74) is 3.22. The number of amides is 1. The maximum absolute atomic E-state index is 13.5. The highest BCUT2D eigenvalue weighted by molar-refractivity contribution is 7.92. The van der Waals surface area contributed by atoms with Gasteiger partial charge in [-0.15, -0.1) is 0 Å². The SMILES string of the molecule is Cc1ccc(S(=O)(=O)N(CC(=O)N2CCc3ccccc32)c2cccc(Cl)c2)cc1. The number of fused-ring (bicyclic) bond motifs is 1. The molecule has 3 aromatic rings. The van der Waals surface area contributed by atoms with Gasteiger partial charge in [0, 0.05) is 17.3 Å². The Morgan fingerprint density at radius 3 is 2.50 bits per heavy atom. The summed E-state index contributed by atoms with van der Waals surface area (Å²) in [4.78, 5) is 15.0. The average Bonchev–Trinajstić information content (AvgIpc) is 3.16. The number of rotatable bonds is 5. The first-order valence-electron chi connectivity index (χ1n) is 9.59. The summed E-state index contributed by atoms with van der Waals surface area (Å²) in [7, 11) is -3.96. The first-order valence-corrected chi connectivity index (χ1v) is 11.4. The summed E-state index contributed by atoms with van der Waals surface area (Å²) in [6.07, 6.45) is 0.754. The number of carbonyl (C=O) groups is 1. The van der Waals surface area contributed by atoms with Crippen molar-refractivity contribution in [1.82, 2.24) is 0 Å². The van der Waals surface area contributed by atoms with Gasteiger partial charge in [0.2, 0.25) is 5.91 Å². The lowest BCUT2D eigenvalue weighted by molar-refractivity contribution is -0.117. The van der Waals surface area contributed by atoms with E-state index in [9.17, 15) is 13.2 Å². The molecule has 154 valence electrons. The Balaban J connectivity index is 1.71. The zero-order valence-corrected chi connectivity index (χ0v) is 18.0. The Morgan fingerprint density at radius 1 is 1.03 bits per heavy atom. The van der Waals surface area contributed by atoms with Crippen LogP contribution in [0.5, 0.6) is 0 Å². The number of hydrogen-bond donors (Lipinski definition) is 0.